The summed E-state index contributed by atoms with van der Waals surface area (Å²) in [6, 6.07) is 15.8. The van der Waals surface area contributed by atoms with Crippen LogP contribution in [0.1, 0.15) is 22.2 Å². The first-order chi connectivity index (χ1) is 14.3. The third kappa shape index (κ3) is 5.21. The molecular formula is C21H22ClN3O4S. The van der Waals surface area contributed by atoms with Crippen LogP contribution in [0.15, 0.2) is 76.2 Å². The SMILES string of the molecule is CN(C)[C@@H](CNC(=O)c1cccc(S(=O)(=O)Nc2ccccc2Cl)c1)c1ccco1. The molecule has 7 nitrogen and oxygen atoms in total. The minimum absolute atomic E-state index is 0.0368. The summed E-state index contributed by atoms with van der Waals surface area (Å²) in [5.41, 5.74) is 0.496. The molecule has 0 saturated heterocycles. The molecule has 1 amide bonds. The van der Waals surface area contributed by atoms with E-state index in [4.69, 9.17) is 16.0 Å². The van der Waals surface area contributed by atoms with Gasteiger partial charge in [-0.15, -0.1) is 0 Å². The number of rotatable bonds is 8. The second-order valence-corrected chi connectivity index (χ2v) is 8.91. The van der Waals surface area contributed by atoms with Gasteiger partial charge in [-0.25, -0.2) is 8.42 Å². The Labute approximate surface area is 180 Å². The predicted octanol–water partition coefficient (Wildman–Crippen LogP) is 3.77. The van der Waals surface area contributed by atoms with Gasteiger partial charge in [0.05, 0.1) is 27.9 Å². The lowest BCUT2D eigenvalue weighted by atomic mass is 10.2. The molecule has 30 heavy (non-hydrogen) atoms. The summed E-state index contributed by atoms with van der Waals surface area (Å²) in [5.74, 6) is 0.337. The molecule has 9 heteroatoms. The lowest BCUT2D eigenvalue weighted by molar-refractivity contribution is 0.0939. The first-order valence-corrected chi connectivity index (χ1v) is 11.0. The van der Waals surface area contributed by atoms with Crippen LogP contribution < -0.4 is 10.0 Å². The second kappa shape index (κ2) is 9.34. The minimum Gasteiger partial charge on any atom is -0.468 e. The van der Waals surface area contributed by atoms with Crippen molar-refractivity contribution in [2.45, 2.75) is 10.9 Å². The molecule has 1 aromatic heterocycles. The Balaban J connectivity index is 1.74. The van der Waals surface area contributed by atoms with Crippen LogP contribution in [0.3, 0.4) is 0 Å². The summed E-state index contributed by atoms with van der Waals surface area (Å²) in [6.45, 7) is 0.300. The maximum Gasteiger partial charge on any atom is 0.261 e. The number of benzene rings is 2. The third-order valence-corrected chi connectivity index (χ3v) is 6.17. The second-order valence-electron chi connectivity index (χ2n) is 6.82. The van der Waals surface area contributed by atoms with Crippen molar-refractivity contribution in [3.63, 3.8) is 0 Å². The number of likely N-dealkylation sites (N-methyl/N-ethyl adjacent to an activating group) is 1. The average Bonchev–Trinajstić information content (AvgIpc) is 3.24. The van der Waals surface area contributed by atoms with E-state index < -0.39 is 10.0 Å². The van der Waals surface area contributed by atoms with Gasteiger partial charge in [0.1, 0.15) is 5.76 Å². The summed E-state index contributed by atoms with van der Waals surface area (Å²) in [6.07, 6.45) is 1.58. The molecule has 0 unspecified atom stereocenters. The molecule has 0 saturated carbocycles. The monoisotopic (exact) mass is 447 g/mol. The quantitative estimate of drug-likeness (QED) is 0.548. The lowest BCUT2D eigenvalue weighted by Crippen LogP contribution is -2.34. The molecule has 1 heterocycles. The minimum atomic E-state index is -3.91. The van der Waals surface area contributed by atoms with Crippen molar-refractivity contribution in [2.75, 3.05) is 25.4 Å². The largest absolute Gasteiger partial charge is 0.468 e. The van der Waals surface area contributed by atoms with Crippen molar-refractivity contribution in [2.24, 2.45) is 0 Å². The van der Waals surface area contributed by atoms with Crippen LogP contribution in [0.4, 0.5) is 5.69 Å². The zero-order chi connectivity index (χ0) is 21.7. The fourth-order valence-electron chi connectivity index (χ4n) is 2.86. The van der Waals surface area contributed by atoms with Crippen molar-refractivity contribution in [1.29, 1.82) is 0 Å². The maximum atomic E-state index is 12.7. The Morgan fingerprint density at radius 1 is 1.10 bits per heavy atom. The smallest absolute Gasteiger partial charge is 0.261 e. The highest BCUT2D eigenvalue weighted by molar-refractivity contribution is 7.92. The molecule has 158 valence electrons. The predicted molar refractivity (Wildman–Crippen MR) is 116 cm³/mol. The Morgan fingerprint density at radius 2 is 1.87 bits per heavy atom. The summed E-state index contributed by atoms with van der Waals surface area (Å²) < 4.78 is 33.3. The molecule has 0 aliphatic rings. The molecule has 2 aromatic carbocycles. The van der Waals surface area contributed by atoms with E-state index in [1.165, 1.54) is 18.2 Å². The van der Waals surface area contributed by atoms with Crippen LogP contribution in [-0.2, 0) is 10.0 Å². The summed E-state index contributed by atoms with van der Waals surface area (Å²) in [5, 5.41) is 3.11. The molecule has 0 fully saturated rings. The van der Waals surface area contributed by atoms with Crippen LogP contribution in [0.2, 0.25) is 5.02 Å². The molecule has 0 bridgehead atoms. The van der Waals surface area contributed by atoms with Crippen LogP contribution in [0.25, 0.3) is 0 Å². The molecule has 0 radical (unpaired) electrons. The van der Waals surface area contributed by atoms with Gasteiger partial charge >= 0.3 is 0 Å². The maximum absolute atomic E-state index is 12.7. The van der Waals surface area contributed by atoms with Crippen molar-refractivity contribution in [3.8, 4) is 0 Å². The first kappa shape index (κ1) is 21.9. The Hall–Kier alpha value is -2.81. The number of anilines is 1. The van der Waals surface area contributed by atoms with Crippen molar-refractivity contribution < 1.29 is 17.6 Å². The van der Waals surface area contributed by atoms with E-state index in [0.29, 0.717) is 6.54 Å². The zero-order valence-electron chi connectivity index (χ0n) is 16.5. The number of nitrogens with zero attached hydrogens (tertiary/aromatic N) is 1. The van der Waals surface area contributed by atoms with E-state index in [2.05, 4.69) is 10.0 Å². The highest BCUT2D eigenvalue weighted by atomic mass is 35.5. The average molecular weight is 448 g/mol. The number of hydrogen-bond donors (Lipinski definition) is 2. The number of carbonyl (C=O) groups excluding carboxylic acids is 1. The van der Waals surface area contributed by atoms with Gasteiger partial charge in [0.25, 0.3) is 15.9 Å². The molecule has 0 spiro atoms. The summed E-state index contributed by atoms with van der Waals surface area (Å²) in [4.78, 5) is 14.5. The van der Waals surface area contributed by atoms with Crippen LogP contribution >= 0.6 is 11.6 Å². The molecule has 3 rings (SSSR count). The molecular weight excluding hydrogens is 426 g/mol. The first-order valence-electron chi connectivity index (χ1n) is 9.13. The molecule has 3 aromatic rings. The number of carbonyl (C=O) groups is 1. The lowest BCUT2D eigenvalue weighted by Gasteiger charge is -2.22. The van der Waals surface area contributed by atoms with Gasteiger partial charge in [-0.2, -0.15) is 0 Å². The fourth-order valence-corrected chi connectivity index (χ4v) is 4.23. The highest BCUT2D eigenvalue weighted by Crippen LogP contribution is 2.24. The van der Waals surface area contributed by atoms with Crippen LogP contribution in [0, 0.1) is 0 Å². The number of nitrogens with one attached hydrogen (secondary N) is 2. The number of amides is 1. The van der Waals surface area contributed by atoms with Gasteiger partial charge in [0.15, 0.2) is 0 Å². The zero-order valence-corrected chi connectivity index (χ0v) is 18.1. The topological polar surface area (TPSA) is 91.7 Å². The van der Waals surface area contributed by atoms with Gasteiger partial charge in [-0.1, -0.05) is 29.8 Å². The molecule has 0 aliphatic carbocycles. The standard InChI is InChI=1S/C21H22ClN3O4S/c1-25(2)19(20-11-6-12-29-20)14-23-21(26)15-7-5-8-16(13-15)30(27,28)24-18-10-4-3-9-17(18)22/h3-13,19,24H,14H2,1-2H3,(H,23,26)/t19-/m0/s1. The van der Waals surface area contributed by atoms with Gasteiger partial charge < -0.3 is 9.73 Å². The van der Waals surface area contributed by atoms with E-state index in [0.717, 1.165) is 5.76 Å². The van der Waals surface area contributed by atoms with Gasteiger partial charge in [0, 0.05) is 12.1 Å². The number of halogens is 1. The Kier molecular flexibility index (Phi) is 6.81. The van der Waals surface area contributed by atoms with Gasteiger partial charge in [-0.05, 0) is 56.6 Å². The number of para-hydroxylation sites is 1. The van der Waals surface area contributed by atoms with E-state index >= 15 is 0 Å². The highest BCUT2D eigenvalue weighted by Gasteiger charge is 2.20. The van der Waals surface area contributed by atoms with E-state index in [9.17, 15) is 13.2 Å². The van der Waals surface area contributed by atoms with Crippen molar-refractivity contribution in [1.82, 2.24) is 10.2 Å². The molecule has 0 aliphatic heterocycles. The van der Waals surface area contributed by atoms with Crippen molar-refractivity contribution in [3.05, 3.63) is 83.3 Å². The van der Waals surface area contributed by atoms with Crippen LogP contribution in [0.5, 0.6) is 0 Å². The van der Waals surface area contributed by atoms with E-state index in [1.807, 2.05) is 25.1 Å². The molecule has 1 atom stereocenters. The van der Waals surface area contributed by atoms with E-state index in [-0.39, 0.29) is 33.1 Å². The normalized spacial score (nSPS) is 12.5. The summed E-state index contributed by atoms with van der Waals surface area (Å²) in [7, 11) is -0.146. The van der Waals surface area contributed by atoms with Gasteiger partial charge in [0.2, 0.25) is 0 Å². The Bertz CT molecular complexity index is 1110. The Morgan fingerprint density at radius 3 is 2.53 bits per heavy atom. The van der Waals surface area contributed by atoms with Crippen molar-refractivity contribution >= 4 is 33.2 Å². The van der Waals surface area contributed by atoms with Gasteiger partial charge in [-0.3, -0.25) is 14.4 Å². The van der Waals surface area contributed by atoms with Crippen LogP contribution in [-0.4, -0.2) is 39.9 Å². The summed E-state index contributed by atoms with van der Waals surface area (Å²) >= 11 is 6.04. The third-order valence-electron chi connectivity index (χ3n) is 4.48. The molecule has 2 N–H and O–H groups in total. The number of hydrogen-bond acceptors (Lipinski definition) is 5. The fraction of sp³-hybridized carbons (Fsp3) is 0.190. The van der Waals surface area contributed by atoms with E-state index in [1.54, 1.807) is 42.7 Å². The number of furan rings is 1. The number of sulfonamides is 1.